The number of nitrogens with zero attached hydrogens (tertiary/aromatic N) is 3. The predicted octanol–water partition coefficient (Wildman–Crippen LogP) is 5.90. The second kappa shape index (κ2) is 12.2. The number of aryl methyl sites for hydroxylation is 1. The first kappa shape index (κ1) is 28.6. The summed E-state index contributed by atoms with van der Waals surface area (Å²) in [5, 5.41) is 14.1. The van der Waals surface area contributed by atoms with Crippen LogP contribution >= 0.6 is 11.6 Å². The molecule has 40 heavy (non-hydrogen) atoms. The van der Waals surface area contributed by atoms with Crippen molar-refractivity contribution in [2.24, 2.45) is 5.10 Å². The quantitative estimate of drug-likeness (QED) is 0.239. The lowest BCUT2D eigenvalue weighted by Gasteiger charge is -2.17. The molecule has 0 radical (unpaired) electrons. The fourth-order valence-corrected chi connectivity index (χ4v) is 4.57. The van der Waals surface area contributed by atoms with Crippen molar-refractivity contribution in [1.29, 1.82) is 0 Å². The van der Waals surface area contributed by atoms with Crippen molar-refractivity contribution < 1.29 is 24.1 Å². The maximum atomic E-state index is 13.7. The second-order valence-electron chi connectivity index (χ2n) is 9.32. The molecule has 0 aliphatic rings. The van der Waals surface area contributed by atoms with Crippen LogP contribution in [0.15, 0.2) is 58.4 Å². The van der Waals surface area contributed by atoms with E-state index in [9.17, 15) is 9.59 Å². The Kier molecular flexibility index (Phi) is 8.74. The van der Waals surface area contributed by atoms with Gasteiger partial charge in [-0.2, -0.15) is 9.78 Å². The third-order valence-corrected chi connectivity index (χ3v) is 6.47. The molecule has 0 aliphatic heterocycles. The predicted molar refractivity (Wildman–Crippen MR) is 156 cm³/mol. The Labute approximate surface area is 236 Å². The molecule has 4 aromatic rings. The molecule has 1 heterocycles. The van der Waals surface area contributed by atoms with Gasteiger partial charge in [0.05, 0.1) is 35.9 Å². The lowest BCUT2D eigenvalue weighted by molar-refractivity contribution is -0.139. The highest BCUT2D eigenvalue weighted by atomic mass is 35.5. The van der Waals surface area contributed by atoms with E-state index < -0.39 is 12.6 Å². The van der Waals surface area contributed by atoms with Gasteiger partial charge >= 0.3 is 5.97 Å². The zero-order valence-electron chi connectivity index (χ0n) is 22.9. The number of ether oxygens (including phenoxy) is 3. The fraction of sp³-hybridized carbons (Fsp3) is 0.267. The van der Waals surface area contributed by atoms with E-state index >= 15 is 0 Å². The Morgan fingerprint density at radius 3 is 2.58 bits per heavy atom. The third kappa shape index (κ3) is 5.94. The smallest absolute Gasteiger partial charge is 0.341 e. The van der Waals surface area contributed by atoms with E-state index in [-0.39, 0.29) is 28.0 Å². The maximum absolute atomic E-state index is 13.7. The van der Waals surface area contributed by atoms with Crippen LogP contribution in [-0.4, -0.2) is 47.3 Å². The van der Waals surface area contributed by atoms with Gasteiger partial charge in [-0.15, -0.1) is 0 Å². The van der Waals surface area contributed by atoms with Crippen LogP contribution in [0.4, 0.5) is 0 Å². The van der Waals surface area contributed by atoms with Crippen molar-refractivity contribution in [2.45, 2.75) is 33.6 Å². The fourth-order valence-electron chi connectivity index (χ4n) is 4.30. The number of carboxylic acids is 1. The average Bonchev–Trinajstić information content (AvgIpc) is 2.91. The summed E-state index contributed by atoms with van der Waals surface area (Å²) in [5.74, 6) is 0.531. The number of carbonyl (C=O) groups is 1. The topological polar surface area (TPSA) is 112 Å². The SMILES string of the molecule is CCOc1cc(C=Nn2c(-c3cc(C(C)C)c(OC)cc3C)nc3ccccc3c2=O)cc(Cl)c1OCC(=O)O. The summed E-state index contributed by atoms with van der Waals surface area (Å²) < 4.78 is 17.8. The lowest BCUT2D eigenvalue weighted by Crippen LogP contribution is -2.21. The molecule has 0 saturated heterocycles. The molecule has 0 saturated carbocycles. The van der Waals surface area contributed by atoms with E-state index in [1.165, 1.54) is 10.9 Å². The molecule has 3 aromatic carbocycles. The summed E-state index contributed by atoms with van der Waals surface area (Å²) in [4.78, 5) is 29.5. The first-order valence-corrected chi connectivity index (χ1v) is 13.1. The van der Waals surface area contributed by atoms with Crippen molar-refractivity contribution in [3.63, 3.8) is 0 Å². The molecule has 0 aliphatic carbocycles. The number of para-hydroxylation sites is 1. The highest BCUT2D eigenvalue weighted by Crippen LogP contribution is 2.37. The van der Waals surface area contributed by atoms with E-state index in [4.69, 9.17) is 35.9 Å². The largest absolute Gasteiger partial charge is 0.496 e. The second-order valence-corrected chi connectivity index (χ2v) is 9.73. The molecule has 0 bridgehead atoms. The molecule has 0 fully saturated rings. The van der Waals surface area contributed by atoms with Crippen LogP contribution < -0.4 is 19.8 Å². The Morgan fingerprint density at radius 2 is 1.90 bits per heavy atom. The third-order valence-electron chi connectivity index (χ3n) is 6.19. The number of aromatic nitrogens is 2. The van der Waals surface area contributed by atoms with Gasteiger partial charge in [0, 0.05) is 5.56 Å². The van der Waals surface area contributed by atoms with Gasteiger partial charge in [0.25, 0.3) is 5.56 Å². The number of carboxylic acid groups (broad SMARTS) is 1. The number of halogens is 1. The van der Waals surface area contributed by atoms with E-state index in [2.05, 4.69) is 18.9 Å². The Morgan fingerprint density at radius 1 is 1.15 bits per heavy atom. The van der Waals surface area contributed by atoms with Gasteiger partial charge in [-0.25, -0.2) is 9.78 Å². The van der Waals surface area contributed by atoms with Gasteiger partial charge < -0.3 is 19.3 Å². The number of fused-ring (bicyclic) bond motifs is 1. The van der Waals surface area contributed by atoms with Crippen LogP contribution in [-0.2, 0) is 4.79 Å². The summed E-state index contributed by atoms with van der Waals surface area (Å²) in [5.41, 5.74) is 3.32. The minimum Gasteiger partial charge on any atom is -0.496 e. The summed E-state index contributed by atoms with van der Waals surface area (Å²) >= 11 is 6.42. The first-order valence-electron chi connectivity index (χ1n) is 12.7. The van der Waals surface area contributed by atoms with Gasteiger partial charge in [-0.3, -0.25) is 4.79 Å². The molecule has 9 nitrogen and oxygen atoms in total. The van der Waals surface area contributed by atoms with Gasteiger partial charge in [0.2, 0.25) is 0 Å². The molecule has 0 unspecified atom stereocenters. The Hall–Kier alpha value is -4.37. The van der Waals surface area contributed by atoms with Crippen LogP contribution in [0, 0.1) is 6.92 Å². The molecular weight excluding hydrogens is 534 g/mol. The van der Waals surface area contributed by atoms with Crippen LogP contribution in [0.25, 0.3) is 22.3 Å². The van der Waals surface area contributed by atoms with Gasteiger partial charge in [0.1, 0.15) is 5.75 Å². The first-order chi connectivity index (χ1) is 19.1. The number of benzene rings is 3. The van der Waals surface area contributed by atoms with E-state index in [0.29, 0.717) is 28.9 Å². The zero-order chi connectivity index (χ0) is 29.0. The van der Waals surface area contributed by atoms with E-state index in [1.54, 1.807) is 44.4 Å². The standard InChI is InChI=1S/C30H30ClN3O6/c1-6-39-26-13-19(12-23(31)28(26)40-16-27(35)36)15-32-34-29(33-24-10-8-7-9-20(24)30(34)37)22-14-21(17(2)3)25(38-5)11-18(22)4/h7-15,17H,6,16H2,1-5H3,(H,35,36). The molecule has 4 rings (SSSR count). The van der Waals surface area contributed by atoms with Crippen LogP contribution in [0.2, 0.25) is 5.02 Å². The van der Waals surface area contributed by atoms with Crippen molar-refractivity contribution in [2.75, 3.05) is 20.3 Å². The molecule has 0 amide bonds. The summed E-state index contributed by atoms with van der Waals surface area (Å²) in [6.07, 6.45) is 1.47. The molecular formula is C30H30ClN3O6. The van der Waals surface area contributed by atoms with E-state index in [1.807, 2.05) is 25.1 Å². The molecule has 10 heteroatoms. The molecule has 1 aromatic heterocycles. The number of hydrogen-bond donors (Lipinski definition) is 1. The van der Waals surface area contributed by atoms with Gasteiger partial charge in [-0.05, 0) is 72.9 Å². The van der Waals surface area contributed by atoms with Crippen molar-refractivity contribution in [1.82, 2.24) is 9.66 Å². The highest BCUT2D eigenvalue weighted by Gasteiger charge is 2.19. The summed E-state index contributed by atoms with van der Waals surface area (Å²) in [6, 6.07) is 14.2. The summed E-state index contributed by atoms with van der Waals surface area (Å²) in [6.45, 7) is 7.58. The number of methoxy groups -OCH3 is 1. The molecule has 0 spiro atoms. The number of hydrogen-bond acceptors (Lipinski definition) is 7. The van der Waals surface area contributed by atoms with Crippen molar-refractivity contribution >= 4 is 34.7 Å². The highest BCUT2D eigenvalue weighted by molar-refractivity contribution is 6.32. The minimum atomic E-state index is -1.14. The number of rotatable bonds is 10. The van der Waals surface area contributed by atoms with Crippen LogP contribution in [0.5, 0.6) is 17.2 Å². The molecule has 0 atom stereocenters. The minimum absolute atomic E-state index is 0.114. The maximum Gasteiger partial charge on any atom is 0.341 e. The van der Waals surface area contributed by atoms with Crippen molar-refractivity contribution in [3.05, 3.63) is 80.6 Å². The molecule has 208 valence electrons. The zero-order valence-corrected chi connectivity index (χ0v) is 23.7. The van der Waals surface area contributed by atoms with Gasteiger partial charge in [0.15, 0.2) is 23.9 Å². The van der Waals surface area contributed by atoms with Crippen molar-refractivity contribution in [3.8, 4) is 28.6 Å². The average molecular weight is 564 g/mol. The Bertz CT molecular complexity index is 1660. The normalized spacial score (nSPS) is 11.4. The van der Waals surface area contributed by atoms with E-state index in [0.717, 1.165) is 22.4 Å². The van der Waals surface area contributed by atoms with Crippen LogP contribution in [0.3, 0.4) is 0 Å². The summed E-state index contributed by atoms with van der Waals surface area (Å²) in [7, 11) is 1.63. The Balaban J connectivity index is 1.90. The molecule has 1 N–H and O–H groups in total. The monoisotopic (exact) mass is 563 g/mol. The number of aliphatic carboxylic acids is 1. The lowest BCUT2D eigenvalue weighted by atomic mass is 9.96. The van der Waals surface area contributed by atoms with Crippen LogP contribution in [0.1, 0.15) is 43.4 Å². The van der Waals surface area contributed by atoms with Gasteiger partial charge in [-0.1, -0.05) is 37.6 Å².